The molecule has 3 N–H and O–H groups in total. The molecule has 1 amide bonds. The minimum Gasteiger partial charge on any atom is -0.350 e. The van der Waals surface area contributed by atoms with Gasteiger partial charge in [-0.05, 0) is 38.0 Å². The summed E-state index contributed by atoms with van der Waals surface area (Å²) in [5.74, 6) is -0.472. The first-order chi connectivity index (χ1) is 7.43. The number of carbonyl (C=O) groups excluding carboxylic acids is 1. The summed E-state index contributed by atoms with van der Waals surface area (Å²) in [6, 6.07) is 6.36. The van der Waals surface area contributed by atoms with Gasteiger partial charge in [-0.3, -0.25) is 4.79 Å². The maximum atomic E-state index is 13.0. The summed E-state index contributed by atoms with van der Waals surface area (Å²) in [7, 11) is 0. The molecule has 0 radical (unpaired) electrons. The molecule has 0 saturated carbocycles. The van der Waals surface area contributed by atoms with E-state index in [2.05, 4.69) is 5.32 Å². The van der Waals surface area contributed by atoms with E-state index in [4.69, 9.17) is 5.73 Å². The van der Waals surface area contributed by atoms with Crippen LogP contribution in [0.25, 0.3) is 0 Å². The van der Waals surface area contributed by atoms with Crippen molar-refractivity contribution in [3.63, 3.8) is 0 Å². The molecule has 4 heteroatoms. The molecule has 0 aliphatic carbocycles. The lowest BCUT2D eigenvalue weighted by Gasteiger charge is -2.26. The van der Waals surface area contributed by atoms with Crippen LogP contribution in [0.2, 0.25) is 0 Å². The summed E-state index contributed by atoms with van der Waals surface area (Å²) in [6.45, 7) is 3.73. The van der Waals surface area contributed by atoms with Crippen molar-refractivity contribution in [1.29, 1.82) is 0 Å². The van der Waals surface area contributed by atoms with Gasteiger partial charge in [0.05, 0.1) is 6.54 Å². The maximum Gasteiger partial charge on any atom is 0.234 e. The minimum absolute atomic E-state index is 0.0351. The summed E-state index contributed by atoms with van der Waals surface area (Å²) in [4.78, 5) is 11.2. The van der Waals surface area contributed by atoms with Crippen LogP contribution in [0.1, 0.15) is 19.4 Å². The average molecular weight is 224 g/mol. The van der Waals surface area contributed by atoms with E-state index in [0.717, 1.165) is 5.56 Å². The second-order valence-corrected chi connectivity index (χ2v) is 4.44. The van der Waals surface area contributed by atoms with Gasteiger partial charge in [-0.2, -0.15) is 0 Å². The molecule has 0 aliphatic heterocycles. The number of hydrogen-bond acceptors (Lipinski definition) is 2. The predicted octanol–water partition coefficient (Wildman–Crippen LogP) is 1.22. The SMILES string of the molecule is CC(C)(Cc1cccc(F)c1)NC(=O)CN. The van der Waals surface area contributed by atoms with Crippen molar-refractivity contribution >= 4 is 5.91 Å². The summed E-state index contributed by atoms with van der Waals surface area (Å²) >= 11 is 0. The van der Waals surface area contributed by atoms with Gasteiger partial charge in [0.15, 0.2) is 0 Å². The monoisotopic (exact) mass is 224 g/mol. The second kappa shape index (κ2) is 5.07. The largest absolute Gasteiger partial charge is 0.350 e. The molecule has 0 spiro atoms. The molecule has 88 valence electrons. The van der Waals surface area contributed by atoms with Gasteiger partial charge >= 0.3 is 0 Å². The van der Waals surface area contributed by atoms with Crippen molar-refractivity contribution < 1.29 is 9.18 Å². The third kappa shape index (κ3) is 3.98. The van der Waals surface area contributed by atoms with Gasteiger partial charge in [-0.15, -0.1) is 0 Å². The van der Waals surface area contributed by atoms with Gasteiger partial charge in [0.1, 0.15) is 5.82 Å². The zero-order chi connectivity index (χ0) is 12.2. The molecule has 16 heavy (non-hydrogen) atoms. The quantitative estimate of drug-likeness (QED) is 0.808. The smallest absolute Gasteiger partial charge is 0.234 e. The van der Waals surface area contributed by atoms with Crippen molar-refractivity contribution in [2.75, 3.05) is 6.54 Å². The lowest BCUT2D eigenvalue weighted by Crippen LogP contribution is -2.47. The molecule has 1 aromatic rings. The van der Waals surface area contributed by atoms with Gasteiger partial charge in [-0.1, -0.05) is 12.1 Å². The van der Waals surface area contributed by atoms with Crippen LogP contribution in [0.15, 0.2) is 24.3 Å². The fourth-order valence-corrected chi connectivity index (χ4v) is 1.63. The van der Waals surface area contributed by atoms with E-state index < -0.39 is 5.54 Å². The van der Waals surface area contributed by atoms with Gasteiger partial charge < -0.3 is 11.1 Å². The molecule has 1 rings (SSSR count). The Kier molecular flexibility index (Phi) is 4.01. The van der Waals surface area contributed by atoms with Crippen LogP contribution >= 0.6 is 0 Å². The van der Waals surface area contributed by atoms with Gasteiger partial charge in [0.25, 0.3) is 0 Å². The molecule has 0 unspecified atom stereocenters. The molecule has 0 atom stereocenters. The van der Waals surface area contributed by atoms with Crippen LogP contribution in [-0.4, -0.2) is 18.0 Å². The fourth-order valence-electron chi connectivity index (χ4n) is 1.63. The van der Waals surface area contributed by atoms with Gasteiger partial charge in [-0.25, -0.2) is 4.39 Å². The summed E-state index contributed by atoms with van der Waals surface area (Å²) in [5, 5.41) is 2.79. The number of rotatable bonds is 4. The number of carbonyl (C=O) groups is 1. The number of hydrogen-bond donors (Lipinski definition) is 2. The molecule has 0 aromatic heterocycles. The van der Waals surface area contributed by atoms with Crippen LogP contribution < -0.4 is 11.1 Å². The highest BCUT2D eigenvalue weighted by Crippen LogP contribution is 2.13. The van der Waals surface area contributed by atoms with E-state index in [0.29, 0.717) is 6.42 Å². The summed E-state index contributed by atoms with van der Waals surface area (Å²) in [5.41, 5.74) is 5.65. The maximum absolute atomic E-state index is 13.0. The van der Waals surface area contributed by atoms with Crippen molar-refractivity contribution in [1.82, 2.24) is 5.32 Å². The number of nitrogens with one attached hydrogen (secondary N) is 1. The molecule has 0 bridgehead atoms. The molecule has 0 heterocycles. The third-order valence-electron chi connectivity index (χ3n) is 2.20. The Balaban J connectivity index is 2.68. The Morgan fingerprint density at radius 1 is 1.50 bits per heavy atom. The number of benzene rings is 1. The standard InChI is InChI=1S/C12H17FN2O/c1-12(2,15-11(16)8-14)7-9-4-3-5-10(13)6-9/h3-6H,7-8,14H2,1-2H3,(H,15,16). The fraction of sp³-hybridized carbons (Fsp3) is 0.417. The third-order valence-corrected chi connectivity index (χ3v) is 2.20. The van der Waals surface area contributed by atoms with Crippen molar-refractivity contribution in [2.24, 2.45) is 5.73 Å². The Bertz CT molecular complexity index is 377. The Labute approximate surface area is 94.8 Å². The number of amides is 1. The topological polar surface area (TPSA) is 55.1 Å². The molecular weight excluding hydrogens is 207 g/mol. The summed E-state index contributed by atoms with van der Waals surface area (Å²) < 4.78 is 13.0. The Morgan fingerprint density at radius 3 is 2.75 bits per heavy atom. The summed E-state index contributed by atoms with van der Waals surface area (Å²) in [6.07, 6.45) is 0.566. The average Bonchev–Trinajstić information content (AvgIpc) is 2.15. The van der Waals surface area contributed by atoms with Crippen molar-refractivity contribution in [3.8, 4) is 0 Å². The molecule has 3 nitrogen and oxygen atoms in total. The number of nitrogens with two attached hydrogens (primary N) is 1. The normalized spacial score (nSPS) is 11.2. The van der Waals surface area contributed by atoms with E-state index in [1.807, 2.05) is 19.9 Å². The molecule has 0 fully saturated rings. The highest BCUT2D eigenvalue weighted by atomic mass is 19.1. The molecule has 1 aromatic carbocycles. The zero-order valence-corrected chi connectivity index (χ0v) is 9.59. The van der Waals surface area contributed by atoms with E-state index in [1.165, 1.54) is 12.1 Å². The first kappa shape index (κ1) is 12.6. The van der Waals surface area contributed by atoms with Crippen LogP contribution in [-0.2, 0) is 11.2 Å². The van der Waals surface area contributed by atoms with E-state index in [-0.39, 0.29) is 18.3 Å². The first-order valence-corrected chi connectivity index (χ1v) is 5.18. The lowest BCUT2D eigenvalue weighted by molar-refractivity contribution is -0.121. The lowest BCUT2D eigenvalue weighted by atomic mass is 9.95. The van der Waals surface area contributed by atoms with Crippen LogP contribution in [0.3, 0.4) is 0 Å². The first-order valence-electron chi connectivity index (χ1n) is 5.18. The van der Waals surface area contributed by atoms with E-state index in [1.54, 1.807) is 6.07 Å². The number of halogens is 1. The predicted molar refractivity (Wildman–Crippen MR) is 61.4 cm³/mol. The Morgan fingerprint density at radius 2 is 2.19 bits per heavy atom. The molecular formula is C12H17FN2O. The van der Waals surface area contributed by atoms with Crippen LogP contribution in [0.4, 0.5) is 4.39 Å². The van der Waals surface area contributed by atoms with Crippen LogP contribution in [0, 0.1) is 5.82 Å². The highest BCUT2D eigenvalue weighted by Gasteiger charge is 2.20. The zero-order valence-electron chi connectivity index (χ0n) is 9.59. The van der Waals surface area contributed by atoms with Crippen molar-refractivity contribution in [2.45, 2.75) is 25.8 Å². The van der Waals surface area contributed by atoms with Crippen molar-refractivity contribution in [3.05, 3.63) is 35.6 Å². The Hall–Kier alpha value is -1.42. The van der Waals surface area contributed by atoms with Gasteiger partial charge in [0, 0.05) is 5.54 Å². The van der Waals surface area contributed by atoms with Gasteiger partial charge in [0.2, 0.25) is 5.91 Å². The van der Waals surface area contributed by atoms with E-state index >= 15 is 0 Å². The minimum atomic E-state index is -0.426. The molecule has 0 aliphatic rings. The molecule has 0 saturated heterocycles. The second-order valence-electron chi connectivity index (χ2n) is 4.44. The highest BCUT2D eigenvalue weighted by molar-refractivity contribution is 5.78. The van der Waals surface area contributed by atoms with Crippen LogP contribution in [0.5, 0.6) is 0 Å². The van der Waals surface area contributed by atoms with E-state index in [9.17, 15) is 9.18 Å².